The van der Waals surface area contributed by atoms with Gasteiger partial charge in [-0.1, -0.05) is 0 Å². The summed E-state index contributed by atoms with van der Waals surface area (Å²) < 4.78 is 20.9. The van der Waals surface area contributed by atoms with Gasteiger partial charge in [0, 0.05) is 24.2 Å². The van der Waals surface area contributed by atoms with E-state index in [0.29, 0.717) is 23.7 Å². The van der Waals surface area contributed by atoms with Gasteiger partial charge in [-0.15, -0.1) is 0 Å². The van der Waals surface area contributed by atoms with Crippen molar-refractivity contribution in [2.24, 2.45) is 0 Å². The molecule has 0 saturated carbocycles. The number of nitrogens with one attached hydrogen (secondary N) is 1. The SMILES string of the molecule is CCn1cc(Oc2ncc(F)cc2CNC(C)(C)C)cn1. The van der Waals surface area contributed by atoms with Crippen LogP contribution in [0.25, 0.3) is 0 Å². The largest absolute Gasteiger partial charge is 0.435 e. The maximum atomic E-state index is 13.4. The fourth-order valence-electron chi connectivity index (χ4n) is 1.73. The molecule has 0 unspecified atom stereocenters. The molecule has 0 aliphatic heterocycles. The van der Waals surface area contributed by atoms with Gasteiger partial charge in [0.1, 0.15) is 5.82 Å². The van der Waals surface area contributed by atoms with Gasteiger partial charge in [-0.3, -0.25) is 4.68 Å². The van der Waals surface area contributed by atoms with E-state index in [4.69, 9.17) is 4.74 Å². The fraction of sp³-hybridized carbons (Fsp3) is 0.467. The van der Waals surface area contributed by atoms with Crippen molar-refractivity contribution >= 4 is 0 Å². The van der Waals surface area contributed by atoms with Crippen LogP contribution in [0.2, 0.25) is 0 Å². The van der Waals surface area contributed by atoms with Crippen LogP contribution >= 0.6 is 0 Å². The molecule has 0 radical (unpaired) electrons. The first-order chi connectivity index (χ1) is 9.87. The van der Waals surface area contributed by atoms with Gasteiger partial charge in [0.15, 0.2) is 5.75 Å². The Labute approximate surface area is 124 Å². The third-order valence-electron chi connectivity index (χ3n) is 2.85. The van der Waals surface area contributed by atoms with E-state index in [1.165, 1.54) is 6.07 Å². The van der Waals surface area contributed by atoms with E-state index in [-0.39, 0.29) is 11.4 Å². The molecular weight excluding hydrogens is 271 g/mol. The van der Waals surface area contributed by atoms with E-state index in [9.17, 15) is 4.39 Å². The molecular formula is C15H21FN4O. The minimum Gasteiger partial charge on any atom is -0.435 e. The summed E-state index contributed by atoms with van der Waals surface area (Å²) in [7, 11) is 0. The van der Waals surface area contributed by atoms with Crippen molar-refractivity contribution in [3.8, 4) is 11.6 Å². The summed E-state index contributed by atoms with van der Waals surface area (Å²) in [6, 6.07) is 1.44. The molecule has 0 fully saturated rings. The van der Waals surface area contributed by atoms with Crippen molar-refractivity contribution in [3.05, 3.63) is 36.0 Å². The zero-order valence-corrected chi connectivity index (χ0v) is 12.9. The molecule has 21 heavy (non-hydrogen) atoms. The van der Waals surface area contributed by atoms with Gasteiger partial charge >= 0.3 is 0 Å². The Kier molecular flexibility index (Phi) is 4.57. The summed E-state index contributed by atoms with van der Waals surface area (Å²) in [5.74, 6) is 0.606. The Balaban J connectivity index is 2.17. The summed E-state index contributed by atoms with van der Waals surface area (Å²) in [5, 5.41) is 7.44. The van der Waals surface area contributed by atoms with Gasteiger partial charge in [-0.05, 0) is 33.8 Å². The highest BCUT2D eigenvalue weighted by Gasteiger charge is 2.14. The molecule has 6 heteroatoms. The Bertz CT molecular complexity index is 604. The molecule has 2 aromatic rings. The quantitative estimate of drug-likeness (QED) is 0.920. The van der Waals surface area contributed by atoms with Crippen LogP contribution in [0.15, 0.2) is 24.7 Å². The van der Waals surface area contributed by atoms with Crippen molar-refractivity contribution in [3.63, 3.8) is 0 Å². The minimum absolute atomic E-state index is 0.0727. The first-order valence-corrected chi connectivity index (χ1v) is 6.97. The summed E-state index contributed by atoms with van der Waals surface area (Å²) in [4.78, 5) is 4.04. The number of ether oxygens (including phenoxy) is 1. The van der Waals surface area contributed by atoms with E-state index >= 15 is 0 Å². The molecule has 2 aromatic heterocycles. The van der Waals surface area contributed by atoms with Crippen LogP contribution in [-0.2, 0) is 13.1 Å². The van der Waals surface area contributed by atoms with Gasteiger partial charge in [-0.2, -0.15) is 5.10 Å². The molecule has 1 N–H and O–H groups in total. The number of nitrogens with zero attached hydrogens (tertiary/aromatic N) is 3. The average molecular weight is 292 g/mol. The Morgan fingerprint density at radius 1 is 1.33 bits per heavy atom. The fourth-order valence-corrected chi connectivity index (χ4v) is 1.73. The second-order valence-corrected chi connectivity index (χ2v) is 5.86. The van der Waals surface area contributed by atoms with E-state index in [1.54, 1.807) is 17.1 Å². The highest BCUT2D eigenvalue weighted by atomic mass is 19.1. The molecule has 5 nitrogen and oxygen atoms in total. The molecule has 0 bridgehead atoms. The van der Waals surface area contributed by atoms with Crippen molar-refractivity contribution < 1.29 is 9.13 Å². The van der Waals surface area contributed by atoms with Crippen LogP contribution in [0.3, 0.4) is 0 Å². The highest BCUT2D eigenvalue weighted by Crippen LogP contribution is 2.23. The van der Waals surface area contributed by atoms with Crippen LogP contribution in [0.1, 0.15) is 33.3 Å². The Morgan fingerprint density at radius 3 is 2.71 bits per heavy atom. The van der Waals surface area contributed by atoms with Crippen LogP contribution in [0, 0.1) is 5.82 Å². The molecule has 0 atom stereocenters. The maximum Gasteiger partial charge on any atom is 0.224 e. The minimum atomic E-state index is -0.377. The maximum absolute atomic E-state index is 13.4. The number of halogens is 1. The van der Waals surface area contributed by atoms with Crippen molar-refractivity contribution in [1.29, 1.82) is 0 Å². The van der Waals surface area contributed by atoms with Gasteiger partial charge in [0.05, 0.1) is 18.6 Å². The molecule has 0 spiro atoms. The Hall–Kier alpha value is -1.95. The predicted octanol–water partition coefficient (Wildman–Crippen LogP) is 3.12. The zero-order valence-electron chi connectivity index (χ0n) is 12.9. The molecule has 0 saturated heterocycles. The topological polar surface area (TPSA) is 52.0 Å². The highest BCUT2D eigenvalue weighted by molar-refractivity contribution is 5.30. The molecule has 2 rings (SSSR count). The van der Waals surface area contributed by atoms with E-state index in [0.717, 1.165) is 12.7 Å². The van der Waals surface area contributed by atoms with Crippen molar-refractivity contribution in [1.82, 2.24) is 20.1 Å². The lowest BCUT2D eigenvalue weighted by Crippen LogP contribution is -2.35. The summed E-state index contributed by atoms with van der Waals surface area (Å²) >= 11 is 0. The summed E-state index contributed by atoms with van der Waals surface area (Å²) in [5.41, 5.74) is 0.602. The summed E-state index contributed by atoms with van der Waals surface area (Å²) in [6.07, 6.45) is 4.56. The van der Waals surface area contributed by atoms with E-state index in [2.05, 4.69) is 15.4 Å². The molecule has 114 valence electrons. The molecule has 0 aliphatic carbocycles. The number of aryl methyl sites for hydroxylation is 1. The van der Waals surface area contributed by atoms with E-state index in [1.807, 2.05) is 27.7 Å². The average Bonchev–Trinajstić information content (AvgIpc) is 2.86. The number of rotatable bonds is 5. The van der Waals surface area contributed by atoms with Gasteiger partial charge < -0.3 is 10.1 Å². The first kappa shape index (κ1) is 15.4. The second kappa shape index (κ2) is 6.22. The smallest absolute Gasteiger partial charge is 0.224 e. The molecule has 0 amide bonds. The van der Waals surface area contributed by atoms with Crippen molar-refractivity contribution in [2.45, 2.75) is 46.3 Å². The number of hydrogen-bond donors (Lipinski definition) is 1. The van der Waals surface area contributed by atoms with Crippen LogP contribution in [0.4, 0.5) is 4.39 Å². The second-order valence-electron chi connectivity index (χ2n) is 5.86. The van der Waals surface area contributed by atoms with Crippen LogP contribution in [-0.4, -0.2) is 20.3 Å². The molecule has 0 aliphatic rings. The Morgan fingerprint density at radius 2 is 2.10 bits per heavy atom. The predicted molar refractivity (Wildman–Crippen MR) is 78.8 cm³/mol. The summed E-state index contributed by atoms with van der Waals surface area (Å²) in [6.45, 7) is 9.37. The van der Waals surface area contributed by atoms with Gasteiger partial charge in [-0.25, -0.2) is 9.37 Å². The third kappa shape index (κ3) is 4.53. The standard InChI is InChI=1S/C15H21FN4O/c1-5-20-10-13(9-19-20)21-14-11(6-12(16)8-17-14)7-18-15(2,3)4/h6,8-10,18H,5,7H2,1-4H3. The lowest BCUT2D eigenvalue weighted by Gasteiger charge is -2.21. The zero-order chi connectivity index (χ0) is 15.5. The van der Waals surface area contributed by atoms with Gasteiger partial charge in [0.25, 0.3) is 0 Å². The lowest BCUT2D eigenvalue weighted by molar-refractivity contribution is 0.407. The van der Waals surface area contributed by atoms with Crippen LogP contribution < -0.4 is 10.1 Å². The van der Waals surface area contributed by atoms with Gasteiger partial charge in [0.2, 0.25) is 5.88 Å². The van der Waals surface area contributed by atoms with Crippen molar-refractivity contribution in [2.75, 3.05) is 0 Å². The number of hydrogen-bond acceptors (Lipinski definition) is 4. The lowest BCUT2D eigenvalue weighted by atomic mass is 10.1. The van der Waals surface area contributed by atoms with E-state index < -0.39 is 0 Å². The third-order valence-corrected chi connectivity index (χ3v) is 2.85. The number of aromatic nitrogens is 3. The normalized spacial score (nSPS) is 11.7. The van der Waals surface area contributed by atoms with Crippen LogP contribution in [0.5, 0.6) is 11.6 Å². The monoisotopic (exact) mass is 292 g/mol. The molecule has 0 aromatic carbocycles. The number of pyridine rings is 1. The molecule has 2 heterocycles. The first-order valence-electron chi connectivity index (χ1n) is 6.97.